The lowest BCUT2D eigenvalue weighted by molar-refractivity contribution is -0.118. The predicted molar refractivity (Wildman–Crippen MR) is 141 cm³/mol. The van der Waals surface area contributed by atoms with Crippen LogP contribution in [-0.2, 0) is 9.53 Å². The fourth-order valence-electron chi connectivity index (χ4n) is 3.48. The second-order valence-electron chi connectivity index (χ2n) is 7.81. The van der Waals surface area contributed by atoms with Gasteiger partial charge >= 0.3 is 5.97 Å². The van der Waals surface area contributed by atoms with Crippen LogP contribution in [0.1, 0.15) is 28.2 Å². The van der Waals surface area contributed by atoms with Crippen LogP contribution in [0.15, 0.2) is 59.7 Å². The van der Waals surface area contributed by atoms with Gasteiger partial charge in [0.15, 0.2) is 0 Å². The number of carbonyl (C=O) groups is 2. The van der Waals surface area contributed by atoms with Crippen LogP contribution < -0.4 is 15.6 Å². The molecule has 4 aromatic rings. The molecule has 0 saturated carbocycles. The van der Waals surface area contributed by atoms with Crippen molar-refractivity contribution in [3.8, 4) is 5.75 Å². The Kier molecular flexibility index (Phi) is 7.93. The van der Waals surface area contributed by atoms with E-state index in [2.05, 4.69) is 10.3 Å². The van der Waals surface area contributed by atoms with E-state index in [4.69, 9.17) is 32.7 Å². The molecule has 0 bridgehead atoms. The van der Waals surface area contributed by atoms with Gasteiger partial charge in [0.25, 0.3) is 5.56 Å². The smallest absolute Gasteiger partial charge is 0.348 e. The van der Waals surface area contributed by atoms with E-state index in [1.54, 1.807) is 44.2 Å². The van der Waals surface area contributed by atoms with Gasteiger partial charge in [0.1, 0.15) is 34.7 Å². The SMILES string of the molecule is Cc1c(C(=O)OCCOc2ccccc2)sc2ncn(C(C)C(=O)Nc3cc(Cl)cc(Cl)c3)c(=O)c12. The molecule has 36 heavy (non-hydrogen) atoms. The minimum Gasteiger partial charge on any atom is -0.490 e. The van der Waals surface area contributed by atoms with E-state index in [-0.39, 0.29) is 23.5 Å². The molecule has 0 saturated heterocycles. The number of aromatic nitrogens is 2. The van der Waals surface area contributed by atoms with Crippen LogP contribution in [0.2, 0.25) is 10.0 Å². The van der Waals surface area contributed by atoms with Gasteiger partial charge in [-0.1, -0.05) is 41.4 Å². The second kappa shape index (κ2) is 11.1. The van der Waals surface area contributed by atoms with Gasteiger partial charge in [-0.15, -0.1) is 11.3 Å². The highest BCUT2D eigenvalue weighted by molar-refractivity contribution is 7.20. The Morgan fingerprint density at radius 2 is 1.81 bits per heavy atom. The number of thiophene rings is 1. The largest absolute Gasteiger partial charge is 0.490 e. The number of hydrogen-bond donors (Lipinski definition) is 1. The maximum Gasteiger partial charge on any atom is 0.348 e. The zero-order valence-electron chi connectivity index (χ0n) is 19.3. The van der Waals surface area contributed by atoms with E-state index >= 15 is 0 Å². The van der Waals surface area contributed by atoms with E-state index in [1.165, 1.54) is 10.9 Å². The zero-order valence-corrected chi connectivity index (χ0v) is 21.6. The third-order valence-corrected chi connectivity index (χ3v) is 6.93. The number of fused-ring (bicyclic) bond motifs is 1. The van der Waals surface area contributed by atoms with Gasteiger partial charge in [-0.3, -0.25) is 14.2 Å². The molecule has 2 heterocycles. The number of para-hydroxylation sites is 1. The van der Waals surface area contributed by atoms with Crippen molar-refractivity contribution in [2.24, 2.45) is 0 Å². The Hall–Kier alpha value is -3.40. The third kappa shape index (κ3) is 5.70. The summed E-state index contributed by atoms with van der Waals surface area (Å²) < 4.78 is 12.1. The average Bonchev–Trinajstić information content (AvgIpc) is 3.18. The number of anilines is 1. The van der Waals surface area contributed by atoms with E-state index < -0.39 is 23.5 Å². The molecule has 8 nitrogen and oxygen atoms in total. The van der Waals surface area contributed by atoms with Gasteiger partial charge in [0.2, 0.25) is 5.91 Å². The molecule has 0 aliphatic carbocycles. The van der Waals surface area contributed by atoms with Crippen LogP contribution >= 0.6 is 34.5 Å². The maximum absolute atomic E-state index is 13.2. The minimum absolute atomic E-state index is 0.0454. The fourth-order valence-corrected chi connectivity index (χ4v) is 5.04. The first-order valence-corrected chi connectivity index (χ1v) is 12.4. The maximum atomic E-state index is 13.2. The predicted octanol–water partition coefficient (Wildman–Crippen LogP) is 5.51. The lowest BCUT2D eigenvalue weighted by Crippen LogP contribution is -2.31. The summed E-state index contributed by atoms with van der Waals surface area (Å²) in [4.78, 5) is 43.7. The summed E-state index contributed by atoms with van der Waals surface area (Å²) in [5.74, 6) is -0.350. The Morgan fingerprint density at radius 1 is 1.11 bits per heavy atom. The summed E-state index contributed by atoms with van der Waals surface area (Å²) >= 11 is 13.0. The topological polar surface area (TPSA) is 99.5 Å². The number of ether oxygens (including phenoxy) is 2. The van der Waals surface area contributed by atoms with Crippen molar-refractivity contribution >= 4 is 62.3 Å². The number of aryl methyl sites for hydroxylation is 1. The molecule has 1 unspecified atom stereocenters. The van der Waals surface area contributed by atoms with Crippen molar-refractivity contribution in [3.63, 3.8) is 0 Å². The van der Waals surface area contributed by atoms with Crippen LogP contribution in [0.5, 0.6) is 5.75 Å². The van der Waals surface area contributed by atoms with E-state index in [0.717, 1.165) is 11.3 Å². The van der Waals surface area contributed by atoms with Crippen LogP contribution in [0.25, 0.3) is 10.2 Å². The van der Waals surface area contributed by atoms with Gasteiger partial charge < -0.3 is 14.8 Å². The number of esters is 1. The van der Waals surface area contributed by atoms with Gasteiger partial charge in [0.05, 0.1) is 11.7 Å². The molecule has 2 aromatic heterocycles. The standard InChI is InChI=1S/C25H21Cl2N3O5S/c1-14-20-23(36-21(14)25(33)35-9-8-34-19-6-4-3-5-7-19)28-13-30(24(20)32)15(2)22(31)29-18-11-16(26)10-17(27)12-18/h3-7,10-13,15H,8-9H2,1-2H3,(H,29,31). The summed E-state index contributed by atoms with van der Waals surface area (Å²) in [7, 11) is 0. The van der Waals surface area contributed by atoms with Crippen molar-refractivity contribution in [2.45, 2.75) is 19.9 Å². The number of benzene rings is 2. The van der Waals surface area contributed by atoms with Crippen molar-refractivity contribution < 1.29 is 19.1 Å². The summed E-state index contributed by atoms with van der Waals surface area (Å²) in [6.45, 7) is 3.46. The monoisotopic (exact) mass is 545 g/mol. The highest BCUT2D eigenvalue weighted by atomic mass is 35.5. The molecular weight excluding hydrogens is 525 g/mol. The van der Waals surface area contributed by atoms with Crippen LogP contribution in [0.3, 0.4) is 0 Å². The molecule has 0 radical (unpaired) electrons. The lowest BCUT2D eigenvalue weighted by atomic mass is 10.2. The molecule has 0 aliphatic heterocycles. The summed E-state index contributed by atoms with van der Waals surface area (Å²) in [6, 6.07) is 12.9. The quantitative estimate of drug-likeness (QED) is 0.231. The van der Waals surface area contributed by atoms with Crippen molar-refractivity contribution in [2.75, 3.05) is 18.5 Å². The first kappa shape index (κ1) is 25.7. The highest BCUT2D eigenvalue weighted by Crippen LogP contribution is 2.28. The molecular formula is C25H21Cl2N3O5S. The second-order valence-corrected chi connectivity index (χ2v) is 9.69. The van der Waals surface area contributed by atoms with Crippen LogP contribution in [0, 0.1) is 6.92 Å². The Labute approximate surface area is 220 Å². The van der Waals surface area contributed by atoms with Gasteiger partial charge in [-0.2, -0.15) is 0 Å². The van der Waals surface area contributed by atoms with Crippen LogP contribution in [-0.4, -0.2) is 34.6 Å². The molecule has 2 aromatic carbocycles. The third-order valence-electron chi connectivity index (χ3n) is 5.32. The first-order valence-electron chi connectivity index (χ1n) is 10.9. The van der Waals surface area contributed by atoms with Gasteiger partial charge in [0, 0.05) is 15.7 Å². The average molecular weight is 546 g/mol. The molecule has 1 N–H and O–H groups in total. The Bertz CT molecular complexity index is 1470. The molecule has 4 rings (SSSR count). The van der Waals surface area contributed by atoms with Gasteiger partial charge in [-0.25, -0.2) is 9.78 Å². The number of halogens is 2. The number of amides is 1. The fraction of sp³-hybridized carbons (Fsp3) is 0.200. The Balaban J connectivity index is 1.48. The molecule has 0 fully saturated rings. The molecule has 186 valence electrons. The molecule has 11 heteroatoms. The molecule has 0 spiro atoms. The summed E-state index contributed by atoms with van der Waals surface area (Å²) in [5, 5.41) is 3.69. The normalized spacial score (nSPS) is 11.8. The molecule has 1 amide bonds. The van der Waals surface area contributed by atoms with E-state index in [1.807, 2.05) is 18.2 Å². The number of hydrogen-bond acceptors (Lipinski definition) is 7. The summed E-state index contributed by atoms with van der Waals surface area (Å²) in [5.41, 5.74) is 0.413. The van der Waals surface area contributed by atoms with Gasteiger partial charge in [-0.05, 0) is 49.7 Å². The van der Waals surface area contributed by atoms with Crippen molar-refractivity contribution in [1.29, 1.82) is 0 Å². The molecule has 0 aliphatic rings. The van der Waals surface area contributed by atoms with Crippen molar-refractivity contribution in [1.82, 2.24) is 9.55 Å². The number of rotatable bonds is 8. The van der Waals surface area contributed by atoms with Crippen molar-refractivity contribution in [3.05, 3.63) is 85.7 Å². The minimum atomic E-state index is -0.892. The lowest BCUT2D eigenvalue weighted by Gasteiger charge is -2.15. The number of carbonyl (C=O) groups excluding carboxylic acids is 2. The van der Waals surface area contributed by atoms with Crippen LogP contribution in [0.4, 0.5) is 5.69 Å². The van der Waals surface area contributed by atoms with E-state index in [0.29, 0.717) is 31.9 Å². The number of nitrogens with one attached hydrogen (secondary N) is 1. The summed E-state index contributed by atoms with van der Waals surface area (Å²) in [6.07, 6.45) is 1.29. The first-order chi connectivity index (χ1) is 17.2. The molecule has 1 atom stereocenters. The number of nitrogens with zero attached hydrogens (tertiary/aromatic N) is 2. The highest BCUT2D eigenvalue weighted by Gasteiger charge is 2.24. The van der Waals surface area contributed by atoms with E-state index in [9.17, 15) is 14.4 Å². The zero-order chi connectivity index (χ0) is 25.8. The Morgan fingerprint density at radius 3 is 2.50 bits per heavy atom.